The lowest BCUT2D eigenvalue weighted by Gasteiger charge is -2.14. The van der Waals surface area contributed by atoms with Crippen molar-refractivity contribution in [1.82, 2.24) is 9.80 Å². The van der Waals surface area contributed by atoms with Gasteiger partial charge in [-0.25, -0.2) is 4.39 Å². The predicted octanol–water partition coefficient (Wildman–Crippen LogP) is 3.58. The Labute approximate surface area is 179 Å². The Morgan fingerprint density at radius 3 is 2.55 bits per heavy atom. The molecule has 6 nitrogen and oxygen atoms in total. The molecule has 0 N–H and O–H groups in total. The fourth-order valence-corrected chi connectivity index (χ4v) is 3.56. The van der Waals surface area contributed by atoms with Crippen LogP contribution in [0.25, 0.3) is 0 Å². The van der Waals surface area contributed by atoms with Crippen molar-refractivity contribution < 1.29 is 18.3 Å². The molecule has 0 saturated heterocycles. The van der Waals surface area contributed by atoms with Crippen LogP contribution in [-0.2, 0) is 26.2 Å². The molecule has 0 atom stereocenters. The maximum atomic E-state index is 13.4. The van der Waals surface area contributed by atoms with E-state index < -0.39 is 0 Å². The molecule has 0 bridgehead atoms. The van der Waals surface area contributed by atoms with Gasteiger partial charge in [0.05, 0.1) is 6.54 Å². The van der Waals surface area contributed by atoms with E-state index in [0.717, 1.165) is 16.7 Å². The van der Waals surface area contributed by atoms with Crippen LogP contribution >= 0.6 is 0 Å². The molecule has 0 spiro atoms. The summed E-state index contributed by atoms with van der Waals surface area (Å²) in [6.45, 7) is 1.94. The number of hydrogen-bond donors (Lipinski definition) is 0. The van der Waals surface area contributed by atoms with Crippen LogP contribution in [0.15, 0.2) is 64.0 Å². The van der Waals surface area contributed by atoms with Crippen LogP contribution in [0.1, 0.15) is 32.8 Å². The Morgan fingerprint density at radius 2 is 1.84 bits per heavy atom. The normalized spacial score (nSPS) is 13.1. The molecule has 2 aromatic carbocycles. The largest absolute Gasteiger partial charge is 0.482 e. The van der Waals surface area contributed by atoms with Crippen molar-refractivity contribution in [2.24, 2.45) is 0 Å². The molecule has 31 heavy (non-hydrogen) atoms. The molecule has 3 aromatic rings. The first-order valence-electron chi connectivity index (χ1n) is 9.94. The van der Waals surface area contributed by atoms with Gasteiger partial charge in [0, 0.05) is 38.8 Å². The third-order valence-electron chi connectivity index (χ3n) is 5.19. The fourth-order valence-electron chi connectivity index (χ4n) is 3.56. The van der Waals surface area contributed by atoms with E-state index in [1.54, 1.807) is 50.5 Å². The molecule has 160 valence electrons. The van der Waals surface area contributed by atoms with Crippen molar-refractivity contribution in [2.45, 2.75) is 26.2 Å². The zero-order chi connectivity index (χ0) is 22.0. The summed E-state index contributed by atoms with van der Waals surface area (Å²) in [5, 5.41) is 0. The first kappa shape index (κ1) is 20.8. The molecule has 0 fully saturated rings. The van der Waals surface area contributed by atoms with Gasteiger partial charge in [0.15, 0.2) is 0 Å². The average molecular weight is 422 g/mol. The lowest BCUT2D eigenvalue weighted by molar-refractivity contribution is 0.0827. The third kappa shape index (κ3) is 4.83. The molecular formula is C24H23FN2O4. The van der Waals surface area contributed by atoms with Crippen molar-refractivity contribution in [3.63, 3.8) is 0 Å². The molecule has 1 aliphatic rings. The number of nitrogens with zero attached hydrogens (tertiary/aromatic N) is 2. The Bertz CT molecular complexity index is 1150. The number of carbonyl (C=O) groups is 1. The Balaban J connectivity index is 1.35. The van der Waals surface area contributed by atoms with Crippen LogP contribution in [0.3, 0.4) is 0 Å². The molecule has 0 aliphatic carbocycles. The number of ether oxygens (including phenoxy) is 1. The summed E-state index contributed by atoms with van der Waals surface area (Å²) in [5.41, 5.74) is 3.20. The second-order valence-corrected chi connectivity index (χ2v) is 7.82. The van der Waals surface area contributed by atoms with Gasteiger partial charge in [-0.1, -0.05) is 18.2 Å². The summed E-state index contributed by atoms with van der Waals surface area (Å²) < 4.78 is 24.6. The first-order valence-corrected chi connectivity index (χ1v) is 9.94. The van der Waals surface area contributed by atoms with Gasteiger partial charge < -0.3 is 14.1 Å². The third-order valence-corrected chi connectivity index (χ3v) is 5.19. The van der Waals surface area contributed by atoms with E-state index >= 15 is 0 Å². The van der Waals surface area contributed by atoms with Gasteiger partial charge in [0.25, 0.3) is 5.91 Å². The molecule has 0 unspecified atom stereocenters. The van der Waals surface area contributed by atoms with Crippen LogP contribution in [0.2, 0.25) is 0 Å². The Hall–Kier alpha value is -3.45. The standard InChI is InChI=1S/C24H23FN2O4/c1-26(2)24(29)17-5-3-16(4-6-17)14-31-23-15-30-21(10-22(23)28)13-27-11-18-7-8-20(25)9-19(18)12-27/h3-10,15H,11-14H2,1-2H3. The monoisotopic (exact) mass is 422 g/mol. The second kappa shape index (κ2) is 8.73. The quantitative estimate of drug-likeness (QED) is 0.608. The van der Waals surface area contributed by atoms with Crippen molar-refractivity contribution in [3.8, 4) is 5.75 Å². The molecule has 0 saturated carbocycles. The van der Waals surface area contributed by atoms with Gasteiger partial charge in [-0.05, 0) is 41.0 Å². The number of rotatable bonds is 6. The van der Waals surface area contributed by atoms with E-state index in [1.807, 2.05) is 0 Å². The summed E-state index contributed by atoms with van der Waals surface area (Å²) in [6.07, 6.45) is 1.32. The van der Waals surface area contributed by atoms with Crippen LogP contribution < -0.4 is 10.2 Å². The molecule has 2 heterocycles. The highest BCUT2D eigenvalue weighted by Gasteiger charge is 2.20. The summed E-state index contributed by atoms with van der Waals surface area (Å²) in [7, 11) is 3.40. The number of amides is 1. The minimum absolute atomic E-state index is 0.0741. The number of halogens is 1. The zero-order valence-electron chi connectivity index (χ0n) is 17.4. The highest BCUT2D eigenvalue weighted by molar-refractivity contribution is 5.93. The minimum atomic E-state index is -0.261. The maximum absolute atomic E-state index is 13.4. The van der Waals surface area contributed by atoms with E-state index in [2.05, 4.69) is 4.90 Å². The number of carbonyl (C=O) groups excluding carboxylic acids is 1. The van der Waals surface area contributed by atoms with Crippen LogP contribution in [-0.4, -0.2) is 29.8 Å². The zero-order valence-corrected chi connectivity index (χ0v) is 17.4. The van der Waals surface area contributed by atoms with Crippen molar-refractivity contribution in [3.05, 3.63) is 98.8 Å². The van der Waals surface area contributed by atoms with Gasteiger partial charge in [-0.15, -0.1) is 0 Å². The molecule has 7 heteroatoms. The van der Waals surface area contributed by atoms with Gasteiger partial charge in [0.2, 0.25) is 11.2 Å². The molecule has 4 rings (SSSR count). The number of benzene rings is 2. The van der Waals surface area contributed by atoms with Crippen LogP contribution in [0.4, 0.5) is 4.39 Å². The number of fused-ring (bicyclic) bond motifs is 1. The summed E-state index contributed by atoms with van der Waals surface area (Å²) in [5.74, 6) is 0.337. The lowest BCUT2D eigenvalue weighted by Crippen LogP contribution is -2.21. The van der Waals surface area contributed by atoms with E-state index in [9.17, 15) is 14.0 Å². The molecule has 1 aromatic heterocycles. The van der Waals surface area contributed by atoms with E-state index in [4.69, 9.17) is 9.15 Å². The summed E-state index contributed by atoms with van der Waals surface area (Å²) in [4.78, 5) is 27.9. The molecule has 0 radical (unpaired) electrons. The van der Waals surface area contributed by atoms with E-state index in [1.165, 1.54) is 23.3 Å². The van der Waals surface area contributed by atoms with Crippen molar-refractivity contribution in [2.75, 3.05) is 14.1 Å². The molecular weight excluding hydrogens is 399 g/mol. The van der Waals surface area contributed by atoms with Gasteiger partial charge in [-0.2, -0.15) is 0 Å². The summed E-state index contributed by atoms with van der Waals surface area (Å²) >= 11 is 0. The van der Waals surface area contributed by atoms with Gasteiger partial charge in [0.1, 0.15) is 24.4 Å². The lowest BCUT2D eigenvalue weighted by atomic mass is 10.1. The smallest absolute Gasteiger partial charge is 0.253 e. The molecule has 1 aliphatic heterocycles. The Kier molecular flexibility index (Phi) is 5.86. The number of hydrogen-bond acceptors (Lipinski definition) is 5. The van der Waals surface area contributed by atoms with E-state index in [-0.39, 0.29) is 29.5 Å². The molecule has 1 amide bonds. The highest BCUT2D eigenvalue weighted by Crippen LogP contribution is 2.25. The van der Waals surface area contributed by atoms with Crippen LogP contribution in [0.5, 0.6) is 5.75 Å². The maximum Gasteiger partial charge on any atom is 0.253 e. The predicted molar refractivity (Wildman–Crippen MR) is 113 cm³/mol. The van der Waals surface area contributed by atoms with Crippen molar-refractivity contribution in [1.29, 1.82) is 0 Å². The highest BCUT2D eigenvalue weighted by atomic mass is 19.1. The first-order chi connectivity index (χ1) is 14.9. The Morgan fingerprint density at radius 1 is 1.10 bits per heavy atom. The van der Waals surface area contributed by atoms with Crippen molar-refractivity contribution >= 4 is 5.91 Å². The van der Waals surface area contributed by atoms with E-state index in [0.29, 0.717) is 31.0 Å². The fraction of sp³-hybridized carbons (Fsp3) is 0.250. The minimum Gasteiger partial charge on any atom is -0.482 e. The summed E-state index contributed by atoms with van der Waals surface area (Å²) in [6, 6.07) is 13.3. The van der Waals surface area contributed by atoms with Gasteiger partial charge in [-0.3, -0.25) is 14.5 Å². The van der Waals surface area contributed by atoms with Crippen LogP contribution in [0, 0.1) is 5.82 Å². The SMILES string of the molecule is CN(C)C(=O)c1ccc(COc2coc(CN3Cc4ccc(F)cc4C3)cc2=O)cc1. The average Bonchev–Trinajstić information content (AvgIpc) is 3.14. The second-order valence-electron chi connectivity index (χ2n) is 7.82. The van der Waals surface area contributed by atoms with Gasteiger partial charge >= 0.3 is 0 Å². The topological polar surface area (TPSA) is 63.0 Å².